The smallest absolute Gasteiger partial charge is 0.238 e. The van der Waals surface area contributed by atoms with Gasteiger partial charge in [-0.1, -0.05) is 6.07 Å². The highest BCUT2D eigenvalue weighted by Gasteiger charge is 2.14. The molecule has 0 atom stereocenters. The number of aryl methyl sites for hydroxylation is 3. The third-order valence-electron chi connectivity index (χ3n) is 4.99. The number of nitrogens with zero attached hydrogens (tertiary/aromatic N) is 5. The molecule has 0 radical (unpaired) electrons. The minimum atomic E-state index is -3.92. The largest absolute Gasteiger partial charge is 0.329 e. The molecule has 11 heteroatoms. The van der Waals surface area contributed by atoms with Gasteiger partial charge in [-0.05, 0) is 55.8 Å². The zero-order valence-electron chi connectivity index (χ0n) is 20.6. The van der Waals surface area contributed by atoms with Crippen molar-refractivity contribution in [3.63, 3.8) is 0 Å². The molecule has 168 valence electrons. The van der Waals surface area contributed by atoms with Gasteiger partial charge in [-0.25, -0.2) is 18.5 Å². The predicted octanol–water partition coefficient (Wildman–Crippen LogP) is 3.56. The molecule has 9 nitrogen and oxygen atoms in total. The van der Waals surface area contributed by atoms with Crippen molar-refractivity contribution in [3.05, 3.63) is 59.9 Å². The van der Waals surface area contributed by atoms with E-state index in [9.17, 15) is 8.42 Å². The maximum Gasteiger partial charge on any atom is 0.238 e. The van der Waals surface area contributed by atoms with Crippen LogP contribution >= 0.6 is 12.4 Å². The molecular formula is C21H24ClN7O2S. The fourth-order valence-electron chi connectivity index (χ4n) is 3.24. The number of anilines is 4. The van der Waals surface area contributed by atoms with Gasteiger partial charge in [-0.2, -0.15) is 10.1 Å². The predicted molar refractivity (Wildman–Crippen MR) is 129 cm³/mol. The first-order chi connectivity index (χ1) is 15.8. The second-order valence-corrected chi connectivity index (χ2v) is 8.66. The minimum Gasteiger partial charge on any atom is -0.329 e. The molecule has 2 aromatic carbocycles. The third-order valence-corrected chi connectivity index (χ3v) is 6.05. The van der Waals surface area contributed by atoms with E-state index < -0.39 is 17.0 Å². The summed E-state index contributed by atoms with van der Waals surface area (Å²) in [5.74, 6) is 0.217. The lowest BCUT2D eigenvalue weighted by Gasteiger charge is -2.19. The van der Waals surface area contributed by atoms with Gasteiger partial charge >= 0.3 is 0 Å². The number of fused-ring (bicyclic) bond motifs is 1. The van der Waals surface area contributed by atoms with Gasteiger partial charge in [0.25, 0.3) is 0 Å². The van der Waals surface area contributed by atoms with Crippen LogP contribution in [0.15, 0.2) is 53.6 Å². The number of hydrogen-bond acceptors (Lipinski definition) is 7. The molecular weight excluding hydrogens is 450 g/mol. The summed E-state index contributed by atoms with van der Waals surface area (Å²) in [4.78, 5) is 9.60. The van der Waals surface area contributed by atoms with E-state index in [-0.39, 0.29) is 29.1 Å². The zero-order valence-corrected chi connectivity index (χ0v) is 19.2. The van der Waals surface area contributed by atoms with Crippen LogP contribution in [-0.4, -0.2) is 35.1 Å². The number of nitrogens with two attached hydrogens (primary N) is 1. The second-order valence-electron chi connectivity index (χ2n) is 7.13. The molecule has 4 aromatic rings. The van der Waals surface area contributed by atoms with Gasteiger partial charge in [0.05, 0.1) is 10.4 Å². The zero-order chi connectivity index (χ0) is 24.8. The minimum absolute atomic E-state index is 0. The Hall–Kier alpha value is -3.21. The Morgan fingerprint density at radius 2 is 1.94 bits per heavy atom. The summed E-state index contributed by atoms with van der Waals surface area (Å²) in [5, 5.41) is 13.6. The number of primary sulfonamides is 1. The van der Waals surface area contributed by atoms with Crippen molar-refractivity contribution < 1.29 is 12.5 Å². The van der Waals surface area contributed by atoms with E-state index in [0.717, 1.165) is 16.0 Å². The Balaban J connectivity index is 0.00000342. The molecule has 0 unspecified atom stereocenters. The maximum atomic E-state index is 11.8. The van der Waals surface area contributed by atoms with Crippen LogP contribution in [0.3, 0.4) is 0 Å². The SMILES string of the molecule is Cl.[2H]C([2H])([2H])N(c1ccc2c(C)n(C)nc2c1)c1ccnc(Nc2ccc(C)c(S(N)(=O)=O)c2)n1. The monoisotopic (exact) mass is 476 g/mol. The number of hydrogen-bond donors (Lipinski definition) is 2. The van der Waals surface area contributed by atoms with Gasteiger partial charge in [-0.3, -0.25) is 4.68 Å². The van der Waals surface area contributed by atoms with E-state index in [1.807, 2.05) is 20.0 Å². The molecule has 0 saturated carbocycles. The van der Waals surface area contributed by atoms with Gasteiger partial charge in [0.15, 0.2) is 0 Å². The topological polar surface area (TPSA) is 119 Å². The maximum absolute atomic E-state index is 11.8. The van der Waals surface area contributed by atoms with Gasteiger partial charge < -0.3 is 10.2 Å². The van der Waals surface area contributed by atoms with Crippen LogP contribution in [0.4, 0.5) is 23.1 Å². The molecule has 4 rings (SSSR count). The van der Waals surface area contributed by atoms with Crippen LogP contribution in [0.2, 0.25) is 0 Å². The molecule has 0 bridgehead atoms. The van der Waals surface area contributed by atoms with Gasteiger partial charge in [0, 0.05) is 46.8 Å². The molecule has 0 aliphatic carbocycles. The highest BCUT2D eigenvalue weighted by Crippen LogP contribution is 2.28. The standard InChI is InChI=1S/C21H23N7O2S.ClH/c1-13-5-6-15(11-19(13)31(22,29)30)24-21-23-10-9-20(25-21)27(3)16-7-8-17-14(2)28(4)26-18(17)12-16;/h5-12H,1-4H3,(H2,22,29,30)(H,23,24,25);1H/i3D3;. The third kappa shape index (κ3) is 4.52. The van der Waals surface area contributed by atoms with E-state index in [1.54, 1.807) is 35.9 Å². The summed E-state index contributed by atoms with van der Waals surface area (Å²) >= 11 is 0. The van der Waals surface area contributed by atoms with Crippen LogP contribution in [-0.2, 0) is 17.1 Å². The Morgan fingerprint density at radius 3 is 2.66 bits per heavy atom. The fourth-order valence-corrected chi connectivity index (χ4v) is 4.05. The van der Waals surface area contributed by atoms with Crippen molar-refractivity contribution in [2.45, 2.75) is 18.7 Å². The van der Waals surface area contributed by atoms with Gasteiger partial charge in [0.2, 0.25) is 16.0 Å². The molecule has 0 saturated heterocycles. The lowest BCUT2D eigenvalue weighted by Crippen LogP contribution is -2.14. The molecule has 0 fully saturated rings. The number of rotatable bonds is 5. The number of halogens is 1. The van der Waals surface area contributed by atoms with Crippen molar-refractivity contribution in [2.24, 2.45) is 12.2 Å². The number of benzene rings is 2. The van der Waals surface area contributed by atoms with E-state index in [4.69, 9.17) is 9.25 Å². The molecule has 3 N–H and O–H groups in total. The average molecular weight is 477 g/mol. The molecule has 0 spiro atoms. The Kier molecular flexibility index (Phi) is 5.31. The van der Waals surface area contributed by atoms with Crippen molar-refractivity contribution in [3.8, 4) is 0 Å². The Bertz CT molecular complexity index is 1510. The van der Waals surface area contributed by atoms with E-state index in [1.165, 1.54) is 18.3 Å². The average Bonchev–Trinajstić information content (AvgIpc) is 3.01. The summed E-state index contributed by atoms with van der Waals surface area (Å²) in [6.45, 7) is 1.02. The first-order valence-electron chi connectivity index (χ1n) is 10.8. The first-order valence-corrected chi connectivity index (χ1v) is 10.9. The quantitative estimate of drug-likeness (QED) is 0.452. The Morgan fingerprint density at radius 1 is 1.16 bits per heavy atom. The van der Waals surface area contributed by atoms with Crippen molar-refractivity contribution in [1.82, 2.24) is 19.7 Å². The molecule has 0 aliphatic rings. The van der Waals surface area contributed by atoms with E-state index >= 15 is 0 Å². The van der Waals surface area contributed by atoms with Gasteiger partial charge in [-0.15, -0.1) is 12.4 Å². The summed E-state index contributed by atoms with van der Waals surface area (Å²) in [6.07, 6.45) is 1.42. The second kappa shape index (κ2) is 8.73. The van der Waals surface area contributed by atoms with E-state index in [0.29, 0.717) is 22.5 Å². The fraction of sp³-hybridized carbons (Fsp3) is 0.190. The Labute approximate surface area is 197 Å². The van der Waals surface area contributed by atoms with Crippen LogP contribution in [0.1, 0.15) is 15.4 Å². The summed E-state index contributed by atoms with van der Waals surface area (Å²) in [5.41, 5.74) is 2.90. The molecule has 0 aliphatic heterocycles. The van der Waals surface area contributed by atoms with Crippen LogP contribution < -0.4 is 15.4 Å². The summed E-state index contributed by atoms with van der Waals surface area (Å²) in [6, 6.07) is 11.3. The highest BCUT2D eigenvalue weighted by molar-refractivity contribution is 7.89. The molecule has 2 aromatic heterocycles. The lowest BCUT2D eigenvalue weighted by molar-refractivity contribution is 0.597. The first kappa shape index (κ1) is 19.5. The highest BCUT2D eigenvalue weighted by atomic mass is 35.5. The normalized spacial score (nSPS) is 13.1. The summed E-state index contributed by atoms with van der Waals surface area (Å²) in [7, 11) is -2.09. The number of aromatic nitrogens is 4. The molecule has 32 heavy (non-hydrogen) atoms. The van der Waals surface area contributed by atoms with Crippen LogP contribution in [0.25, 0.3) is 10.9 Å². The number of sulfonamides is 1. The van der Waals surface area contributed by atoms with Crippen molar-refractivity contribution in [1.29, 1.82) is 0 Å². The van der Waals surface area contributed by atoms with Crippen molar-refractivity contribution in [2.75, 3.05) is 17.2 Å². The van der Waals surface area contributed by atoms with Crippen LogP contribution in [0, 0.1) is 13.8 Å². The molecule has 0 amide bonds. The lowest BCUT2D eigenvalue weighted by atomic mass is 10.2. The summed E-state index contributed by atoms with van der Waals surface area (Å²) < 4.78 is 49.7. The number of nitrogens with one attached hydrogen (secondary N) is 1. The molecule has 2 heterocycles. The van der Waals surface area contributed by atoms with Crippen LogP contribution in [0.5, 0.6) is 0 Å². The van der Waals surface area contributed by atoms with E-state index in [2.05, 4.69) is 20.4 Å². The van der Waals surface area contributed by atoms with Crippen molar-refractivity contribution >= 4 is 56.5 Å². The van der Waals surface area contributed by atoms with Gasteiger partial charge in [0.1, 0.15) is 5.82 Å².